The third-order valence-electron chi connectivity index (χ3n) is 5.10. The van der Waals surface area contributed by atoms with Gasteiger partial charge in [-0.3, -0.25) is 14.9 Å². The van der Waals surface area contributed by atoms with Crippen LogP contribution in [0.25, 0.3) is 11.0 Å². The third-order valence-corrected chi connectivity index (χ3v) is 5.44. The number of halogens is 2. The van der Waals surface area contributed by atoms with Gasteiger partial charge in [0.15, 0.2) is 5.78 Å². The summed E-state index contributed by atoms with van der Waals surface area (Å²) in [6, 6.07) is 3.31. The van der Waals surface area contributed by atoms with E-state index in [1.807, 2.05) is 16.5 Å². The van der Waals surface area contributed by atoms with Gasteiger partial charge in [0.25, 0.3) is 5.69 Å². The zero-order valence-corrected chi connectivity index (χ0v) is 18.7. The summed E-state index contributed by atoms with van der Waals surface area (Å²) in [6.45, 7) is 0.527. The summed E-state index contributed by atoms with van der Waals surface area (Å²) in [7, 11) is 1.86. The van der Waals surface area contributed by atoms with Crippen molar-refractivity contribution in [2.24, 2.45) is 7.05 Å². The molecule has 0 saturated heterocycles. The van der Waals surface area contributed by atoms with Crippen molar-refractivity contribution >= 4 is 51.4 Å². The van der Waals surface area contributed by atoms with Gasteiger partial charge in [0, 0.05) is 50.8 Å². The zero-order chi connectivity index (χ0) is 22.1. The largest absolute Gasteiger partial charge is 0.389 e. The molecule has 30 heavy (non-hydrogen) atoms. The lowest BCUT2D eigenvalue weighted by atomic mass is 10.1. The summed E-state index contributed by atoms with van der Waals surface area (Å²) in [5, 5.41) is 20.4. The first kappa shape index (κ1) is 24.4. The van der Waals surface area contributed by atoms with Crippen LogP contribution in [0.5, 0.6) is 0 Å². The predicted molar refractivity (Wildman–Crippen MR) is 120 cm³/mol. The summed E-state index contributed by atoms with van der Waals surface area (Å²) in [4.78, 5) is 28.9. The summed E-state index contributed by atoms with van der Waals surface area (Å²) < 4.78 is 1.90. The molecule has 1 heterocycles. The summed E-state index contributed by atoms with van der Waals surface area (Å²) in [5.74, 6) is 1.41. The number of anilines is 1. The Kier molecular flexibility index (Phi) is 9.81. The molecule has 0 radical (unpaired) electrons. The molecular formula is C20H28Cl2N4O4. The Morgan fingerprint density at radius 2 is 1.87 bits per heavy atom. The van der Waals surface area contributed by atoms with Gasteiger partial charge in [-0.05, 0) is 18.9 Å². The van der Waals surface area contributed by atoms with E-state index in [2.05, 4.69) is 0 Å². The number of carbonyl (C=O) groups excluding carboxylic acids is 1. The number of nitro groups is 1. The first-order valence-electron chi connectivity index (χ1n) is 10.1. The lowest BCUT2D eigenvalue weighted by Crippen LogP contribution is -2.28. The van der Waals surface area contributed by atoms with Gasteiger partial charge in [-0.15, -0.1) is 23.2 Å². The Morgan fingerprint density at radius 3 is 2.47 bits per heavy atom. The van der Waals surface area contributed by atoms with E-state index in [4.69, 9.17) is 33.3 Å². The molecule has 0 amide bonds. The van der Waals surface area contributed by atoms with Crippen molar-refractivity contribution in [1.82, 2.24) is 9.55 Å². The first-order valence-corrected chi connectivity index (χ1v) is 11.1. The van der Waals surface area contributed by atoms with Gasteiger partial charge >= 0.3 is 0 Å². The standard InChI is InChI=1S/C20H28Cl2N4O4/c1-24-17-13-19(26(29)30)18(25(10-8-21)11-9-22)12-16(17)23-20(24)7-5-3-2-4-6-15(28)14-27/h12-13,27H,2-11,14H2,1H3. The number of aromatic nitrogens is 2. The number of benzene rings is 1. The highest BCUT2D eigenvalue weighted by atomic mass is 35.5. The van der Waals surface area contributed by atoms with Crippen molar-refractivity contribution in [2.45, 2.75) is 38.5 Å². The van der Waals surface area contributed by atoms with Crippen LogP contribution in [-0.2, 0) is 18.3 Å². The van der Waals surface area contributed by atoms with E-state index in [0.717, 1.165) is 37.9 Å². The number of aryl methyl sites for hydroxylation is 2. The first-order chi connectivity index (χ1) is 14.4. The molecule has 0 atom stereocenters. The maximum atomic E-state index is 11.7. The fourth-order valence-electron chi connectivity index (χ4n) is 3.48. The molecule has 2 aromatic rings. The van der Waals surface area contributed by atoms with Crippen LogP contribution in [0, 0.1) is 10.1 Å². The van der Waals surface area contributed by atoms with Gasteiger partial charge in [0.2, 0.25) is 0 Å². The third kappa shape index (κ3) is 6.30. The normalized spacial score (nSPS) is 11.2. The molecule has 0 bridgehead atoms. The van der Waals surface area contributed by atoms with Crippen molar-refractivity contribution in [3.63, 3.8) is 0 Å². The van der Waals surface area contributed by atoms with Crippen LogP contribution < -0.4 is 4.90 Å². The molecule has 0 fully saturated rings. The number of ketones is 1. The van der Waals surface area contributed by atoms with Gasteiger partial charge in [-0.1, -0.05) is 12.8 Å². The Bertz CT molecular complexity index is 866. The second-order valence-electron chi connectivity index (χ2n) is 7.15. The molecule has 8 nitrogen and oxygen atoms in total. The van der Waals surface area contributed by atoms with Crippen LogP contribution >= 0.6 is 23.2 Å². The van der Waals surface area contributed by atoms with E-state index < -0.39 is 0 Å². The van der Waals surface area contributed by atoms with Crippen LogP contribution in [0.4, 0.5) is 11.4 Å². The Labute approximate surface area is 185 Å². The van der Waals surface area contributed by atoms with Crippen molar-refractivity contribution in [2.75, 3.05) is 36.4 Å². The molecule has 166 valence electrons. The second kappa shape index (κ2) is 12.1. The number of rotatable bonds is 14. The molecule has 2 rings (SSSR count). The van der Waals surface area contributed by atoms with Gasteiger partial charge in [-0.25, -0.2) is 4.98 Å². The number of fused-ring (bicyclic) bond motifs is 1. The molecule has 0 aliphatic carbocycles. The van der Waals surface area contributed by atoms with E-state index >= 15 is 0 Å². The maximum absolute atomic E-state index is 11.7. The van der Waals surface area contributed by atoms with Gasteiger partial charge < -0.3 is 14.6 Å². The molecule has 0 saturated carbocycles. The Hall–Kier alpha value is -1.90. The average molecular weight is 459 g/mol. The minimum Gasteiger partial charge on any atom is -0.389 e. The van der Waals surface area contributed by atoms with Crippen molar-refractivity contribution in [3.8, 4) is 0 Å². The highest BCUT2D eigenvalue weighted by molar-refractivity contribution is 6.18. The zero-order valence-electron chi connectivity index (χ0n) is 17.1. The number of alkyl halides is 2. The Morgan fingerprint density at radius 1 is 1.20 bits per heavy atom. The number of hydrogen-bond acceptors (Lipinski definition) is 6. The second-order valence-corrected chi connectivity index (χ2v) is 7.91. The number of hydrogen-bond donors (Lipinski definition) is 1. The SMILES string of the molecule is Cn1c(CCCCCCC(=O)CO)nc2cc(N(CCCl)CCCl)c([N+](=O)[O-])cc21. The van der Waals surface area contributed by atoms with Gasteiger partial charge in [0.05, 0.1) is 16.0 Å². The van der Waals surface area contributed by atoms with Gasteiger partial charge in [0.1, 0.15) is 18.1 Å². The molecule has 1 aromatic carbocycles. The summed E-state index contributed by atoms with van der Waals surface area (Å²) in [5.41, 5.74) is 1.91. The molecule has 0 spiro atoms. The van der Waals surface area contributed by atoms with Crippen molar-refractivity contribution < 1.29 is 14.8 Å². The monoisotopic (exact) mass is 458 g/mol. The fourth-order valence-corrected chi connectivity index (χ4v) is 3.89. The number of Topliss-reactive ketones (excluding diaryl/α,β-unsaturated/α-hetero) is 1. The maximum Gasteiger partial charge on any atom is 0.294 e. The summed E-state index contributed by atoms with van der Waals surface area (Å²) in [6.07, 6.45) is 4.70. The lowest BCUT2D eigenvalue weighted by molar-refractivity contribution is -0.384. The lowest BCUT2D eigenvalue weighted by Gasteiger charge is -2.22. The number of imidazole rings is 1. The van der Waals surface area contributed by atoms with Crippen LogP contribution in [-0.4, -0.2) is 56.8 Å². The van der Waals surface area contributed by atoms with Crippen molar-refractivity contribution in [1.29, 1.82) is 0 Å². The predicted octanol–water partition coefficient (Wildman–Crippen LogP) is 3.82. The molecular weight excluding hydrogens is 431 g/mol. The fraction of sp³-hybridized carbons (Fsp3) is 0.600. The molecule has 0 unspecified atom stereocenters. The van der Waals surface area contributed by atoms with Crippen LogP contribution in [0.2, 0.25) is 0 Å². The van der Waals surface area contributed by atoms with E-state index in [9.17, 15) is 14.9 Å². The van der Waals surface area contributed by atoms with Crippen LogP contribution in [0.15, 0.2) is 12.1 Å². The number of nitro benzene ring substituents is 1. The van der Waals surface area contributed by atoms with E-state index in [0.29, 0.717) is 48.0 Å². The van der Waals surface area contributed by atoms with Crippen LogP contribution in [0.1, 0.15) is 37.9 Å². The minimum absolute atomic E-state index is 0.0147. The molecule has 0 aliphatic rings. The molecule has 1 N–H and O–H groups in total. The Balaban J connectivity index is 2.17. The number of aliphatic hydroxyl groups excluding tert-OH is 1. The number of nitrogens with zero attached hydrogens (tertiary/aromatic N) is 4. The highest BCUT2D eigenvalue weighted by Gasteiger charge is 2.23. The number of aliphatic hydroxyl groups is 1. The van der Waals surface area contributed by atoms with Gasteiger partial charge in [-0.2, -0.15) is 0 Å². The van der Waals surface area contributed by atoms with Crippen LogP contribution in [0.3, 0.4) is 0 Å². The smallest absolute Gasteiger partial charge is 0.294 e. The number of carbonyl (C=O) groups is 1. The minimum atomic E-state index is -0.388. The average Bonchev–Trinajstić information content (AvgIpc) is 3.04. The van der Waals surface area contributed by atoms with E-state index in [1.54, 1.807) is 12.1 Å². The topological polar surface area (TPSA) is 102 Å². The van der Waals surface area contributed by atoms with E-state index in [-0.39, 0.29) is 23.0 Å². The molecule has 10 heteroatoms. The highest BCUT2D eigenvalue weighted by Crippen LogP contribution is 2.33. The molecule has 0 aliphatic heterocycles. The summed E-state index contributed by atoms with van der Waals surface area (Å²) >= 11 is 11.7. The van der Waals surface area contributed by atoms with E-state index in [1.165, 1.54) is 0 Å². The molecule has 1 aromatic heterocycles. The quantitative estimate of drug-likeness (QED) is 0.200. The number of unbranched alkanes of at least 4 members (excludes halogenated alkanes) is 3. The van der Waals surface area contributed by atoms with Crippen molar-refractivity contribution in [3.05, 3.63) is 28.1 Å².